The number of methoxy groups -OCH3 is 1. The Labute approximate surface area is 117 Å². The van der Waals surface area contributed by atoms with Crippen molar-refractivity contribution in [3.8, 4) is 5.75 Å². The molecule has 0 fully saturated rings. The maximum absolute atomic E-state index is 5.60. The molecule has 0 radical (unpaired) electrons. The Morgan fingerprint density at radius 2 is 2.00 bits per heavy atom. The lowest BCUT2D eigenvalue weighted by molar-refractivity contribution is 0.409. The summed E-state index contributed by atoms with van der Waals surface area (Å²) in [5, 5.41) is 0. The fraction of sp³-hybridized carbons (Fsp3) is 0.529. The van der Waals surface area contributed by atoms with Gasteiger partial charge >= 0.3 is 0 Å². The zero-order valence-electron chi connectivity index (χ0n) is 12.9. The number of rotatable bonds is 6. The third kappa shape index (κ3) is 4.10. The molecule has 0 aliphatic carbocycles. The molecule has 19 heavy (non-hydrogen) atoms. The van der Waals surface area contributed by atoms with Gasteiger partial charge in [-0.2, -0.15) is 0 Å². The third-order valence-corrected chi connectivity index (χ3v) is 3.33. The van der Waals surface area contributed by atoms with Crippen LogP contribution >= 0.6 is 0 Å². The van der Waals surface area contributed by atoms with Gasteiger partial charge in [0.1, 0.15) is 5.75 Å². The molecule has 0 saturated heterocycles. The second-order valence-electron chi connectivity index (χ2n) is 5.41. The largest absolute Gasteiger partial charge is 0.496 e. The summed E-state index contributed by atoms with van der Waals surface area (Å²) in [5.74, 6) is 1.48. The molecule has 0 aliphatic rings. The minimum atomic E-state index is 0.480. The van der Waals surface area contributed by atoms with Gasteiger partial charge in [0.15, 0.2) is 0 Å². The van der Waals surface area contributed by atoms with E-state index in [9.17, 15) is 0 Å². The summed E-state index contributed by atoms with van der Waals surface area (Å²) in [7, 11) is 1.75. The number of nitrogens with two attached hydrogens (primary N) is 1. The Balaban J connectivity index is 3.25. The van der Waals surface area contributed by atoms with Crippen LogP contribution in [0.2, 0.25) is 0 Å². The summed E-state index contributed by atoms with van der Waals surface area (Å²) >= 11 is 0. The molecule has 2 N–H and O–H groups in total. The van der Waals surface area contributed by atoms with Crippen LogP contribution in [0, 0.1) is 19.8 Å². The lowest BCUT2D eigenvalue weighted by Gasteiger charge is -2.18. The van der Waals surface area contributed by atoms with Crippen molar-refractivity contribution in [1.29, 1.82) is 0 Å². The van der Waals surface area contributed by atoms with Gasteiger partial charge in [0.25, 0.3) is 0 Å². The van der Waals surface area contributed by atoms with Crippen LogP contribution in [0.1, 0.15) is 43.4 Å². The molecule has 2 nitrogen and oxygen atoms in total. The zero-order chi connectivity index (χ0) is 14.4. The van der Waals surface area contributed by atoms with Gasteiger partial charge in [-0.3, -0.25) is 0 Å². The maximum Gasteiger partial charge on any atom is 0.129 e. The van der Waals surface area contributed by atoms with E-state index in [0.29, 0.717) is 5.92 Å². The predicted molar refractivity (Wildman–Crippen MR) is 83.6 cm³/mol. The van der Waals surface area contributed by atoms with Gasteiger partial charge in [0, 0.05) is 5.56 Å². The SMILES string of the molecule is COc1c(C)cc(C)cc1/C(=C/CCCN)C(C)C. The average molecular weight is 261 g/mol. The summed E-state index contributed by atoms with van der Waals surface area (Å²) in [6.45, 7) is 9.43. The number of hydrogen-bond acceptors (Lipinski definition) is 2. The highest BCUT2D eigenvalue weighted by atomic mass is 16.5. The van der Waals surface area contributed by atoms with E-state index in [1.54, 1.807) is 7.11 Å². The number of allylic oxidation sites excluding steroid dienone is 2. The summed E-state index contributed by atoms with van der Waals surface area (Å²) in [4.78, 5) is 0. The lowest BCUT2D eigenvalue weighted by Crippen LogP contribution is -2.01. The van der Waals surface area contributed by atoms with Crippen LogP contribution in [0.5, 0.6) is 5.75 Å². The van der Waals surface area contributed by atoms with Gasteiger partial charge in [-0.1, -0.05) is 26.0 Å². The number of benzene rings is 1. The van der Waals surface area contributed by atoms with Crippen molar-refractivity contribution in [3.05, 3.63) is 34.9 Å². The summed E-state index contributed by atoms with van der Waals surface area (Å²) in [6, 6.07) is 4.39. The standard InChI is InChI=1S/C17H27NO/c1-12(2)15(8-6-7-9-18)16-11-13(3)10-14(4)17(16)19-5/h8,10-12H,6-7,9,18H2,1-5H3/b15-8+. The van der Waals surface area contributed by atoms with Gasteiger partial charge in [0.2, 0.25) is 0 Å². The number of unbranched alkanes of at least 4 members (excludes halogenated alkanes) is 1. The van der Waals surface area contributed by atoms with Gasteiger partial charge < -0.3 is 10.5 Å². The monoisotopic (exact) mass is 261 g/mol. The lowest BCUT2D eigenvalue weighted by atomic mass is 9.90. The molecule has 1 aromatic rings. The van der Waals surface area contributed by atoms with Crippen LogP contribution in [0.15, 0.2) is 18.2 Å². The van der Waals surface area contributed by atoms with Crippen LogP contribution in [-0.2, 0) is 0 Å². The van der Waals surface area contributed by atoms with Crippen LogP contribution in [0.3, 0.4) is 0 Å². The fourth-order valence-corrected chi connectivity index (χ4v) is 2.47. The van der Waals surface area contributed by atoms with Gasteiger partial charge in [0.05, 0.1) is 7.11 Å². The van der Waals surface area contributed by atoms with Crippen LogP contribution in [0.4, 0.5) is 0 Å². The normalized spacial score (nSPS) is 12.1. The van der Waals surface area contributed by atoms with E-state index >= 15 is 0 Å². The molecule has 0 aliphatic heterocycles. The predicted octanol–water partition coefficient (Wildman–Crippen LogP) is 4.09. The van der Waals surface area contributed by atoms with E-state index in [1.807, 2.05) is 0 Å². The molecule has 0 bridgehead atoms. The molecule has 106 valence electrons. The van der Waals surface area contributed by atoms with Crippen LogP contribution < -0.4 is 10.5 Å². The van der Waals surface area contributed by atoms with Crippen LogP contribution in [-0.4, -0.2) is 13.7 Å². The van der Waals surface area contributed by atoms with Crippen molar-refractivity contribution < 1.29 is 4.74 Å². The van der Waals surface area contributed by atoms with Gasteiger partial charge in [-0.25, -0.2) is 0 Å². The number of hydrogen-bond donors (Lipinski definition) is 1. The minimum Gasteiger partial charge on any atom is -0.496 e. The maximum atomic E-state index is 5.60. The van der Waals surface area contributed by atoms with Crippen molar-refractivity contribution in [2.24, 2.45) is 11.7 Å². The molecular formula is C17H27NO. The van der Waals surface area contributed by atoms with Crippen molar-refractivity contribution in [2.45, 2.75) is 40.5 Å². The summed E-state index contributed by atoms with van der Waals surface area (Å²) < 4.78 is 5.60. The van der Waals surface area contributed by atoms with Gasteiger partial charge in [-0.15, -0.1) is 0 Å². The first-order valence-electron chi connectivity index (χ1n) is 7.07. The Morgan fingerprint density at radius 1 is 1.32 bits per heavy atom. The highest BCUT2D eigenvalue weighted by Gasteiger charge is 2.14. The molecule has 2 heteroatoms. The van der Waals surface area contributed by atoms with Crippen molar-refractivity contribution in [3.63, 3.8) is 0 Å². The van der Waals surface area contributed by atoms with E-state index in [-0.39, 0.29) is 0 Å². The van der Waals surface area contributed by atoms with Gasteiger partial charge in [-0.05, 0) is 61.9 Å². The van der Waals surface area contributed by atoms with E-state index in [1.165, 1.54) is 22.3 Å². The first-order chi connectivity index (χ1) is 9.01. The van der Waals surface area contributed by atoms with Crippen molar-refractivity contribution in [1.82, 2.24) is 0 Å². The topological polar surface area (TPSA) is 35.2 Å². The Morgan fingerprint density at radius 3 is 2.53 bits per heavy atom. The van der Waals surface area contributed by atoms with E-state index < -0.39 is 0 Å². The number of aryl methyl sites for hydroxylation is 2. The molecule has 0 spiro atoms. The first kappa shape index (κ1) is 15.8. The molecule has 0 heterocycles. The molecule has 0 aromatic heterocycles. The van der Waals surface area contributed by atoms with E-state index in [4.69, 9.17) is 10.5 Å². The highest BCUT2D eigenvalue weighted by molar-refractivity contribution is 5.73. The second kappa shape index (κ2) is 7.34. The fourth-order valence-electron chi connectivity index (χ4n) is 2.47. The summed E-state index contributed by atoms with van der Waals surface area (Å²) in [5.41, 5.74) is 10.6. The van der Waals surface area contributed by atoms with E-state index in [0.717, 1.165) is 25.1 Å². The molecular weight excluding hydrogens is 234 g/mol. The quantitative estimate of drug-likeness (QED) is 0.783. The molecule has 0 atom stereocenters. The number of ether oxygens (including phenoxy) is 1. The smallest absolute Gasteiger partial charge is 0.129 e. The molecule has 1 aromatic carbocycles. The molecule has 0 saturated carbocycles. The molecule has 0 unspecified atom stereocenters. The minimum absolute atomic E-state index is 0.480. The zero-order valence-corrected chi connectivity index (χ0v) is 12.9. The molecule has 1 rings (SSSR count). The highest BCUT2D eigenvalue weighted by Crippen LogP contribution is 2.34. The van der Waals surface area contributed by atoms with Crippen molar-refractivity contribution >= 4 is 5.57 Å². The molecule has 0 amide bonds. The third-order valence-electron chi connectivity index (χ3n) is 3.33. The second-order valence-corrected chi connectivity index (χ2v) is 5.41. The Hall–Kier alpha value is -1.28. The Bertz CT molecular complexity index is 447. The average Bonchev–Trinajstić information content (AvgIpc) is 2.33. The van der Waals surface area contributed by atoms with Crippen molar-refractivity contribution in [2.75, 3.05) is 13.7 Å². The Kier molecular flexibility index (Phi) is 6.10. The van der Waals surface area contributed by atoms with E-state index in [2.05, 4.69) is 45.9 Å². The summed E-state index contributed by atoms with van der Waals surface area (Å²) in [6.07, 6.45) is 4.37. The van der Waals surface area contributed by atoms with Crippen LogP contribution in [0.25, 0.3) is 5.57 Å². The first-order valence-corrected chi connectivity index (χ1v) is 7.07.